The number of ketones is 1. The lowest BCUT2D eigenvalue weighted by Gasteiger charge is -2.60. The van der Waals surface area contributed by atoms with Gasteiger partial charge < -0.3 is 15.0 Å². The van der Waals surface area contributed by atoms with Crippen molar-refractivity contribution in [3.63, 3.8) is 0 Å². The maximum atomic E-state index is 14.3. The predicted molar refractivity (Wildman–Crippen MR) is 149 cm³/mol. The first-order valence-electron chi connectivity index (χ1n) is 15.8. The number of fused-ring (bicyclic) bond motifs is 7. The number of ether oxygens (including phenoxy) is 1. The van der Waals surface area contributed by atoms with Crippen molar-refractivity contribution in [2.24, 2.45) is 52.3 Å². The lowest BCUT2D eigenvalue weighted by molar-refractivity contribution is -0.160. The molecule has 2 aliphatic heterocycles. The van der Waals surface area contributed by atoms with Crippen LogP contribution in [0, 0.1) is 52.3 Å². The number of carbonyl (C=O) groups is 3. The van der Waals surface area contributed by atoms with Crippen molar-refractivity contribution in [3.05, 3.63) is 0 Å². The summed E-state index contributed by atoms with van der Waals surface area (Å²) in [6.45, 7) is 10.5. The molecule has 0 bridgehead atoms. The molecule has 4 saturated carbocycles. The molecule has 6 fully saturated rings. The van der Waals surface area contributed by atoms with E-state index in [4.69, 9.17) is 4.74 Å². The van der Waals surface area contributed by atoms with E-state index in [1.165, 1.54) is 24.2 Å². The quantitative estimate of drug-likeness (QED) is 0.524. The van der Waals surface area contributed by atoms with Crippen LogP contribution >= 0.6 is 0 Å². The van der Waals surface area contributed by atoms with Crippen molar-refractivity contribution in [3.8, 4) is 0 Å². The Morgan fingerprint density at radius 2 is 1.82 bits per heavy atom. The Morgan fingerprint density at radius 3 is 2.51 bits per heavy atom. The third kappa shape index (κ3) is 4.14. The second-order valence-corrected chi connectivity index (χ2v) is 15.2. The van der Waals surface area contributed by atoms with Gasteiger partial charge in [0.1, 0.15) is 17.9 Å². The third-order valence-electron chi connectivity index (χ3n) is 13.2. The molecule has 6 aliphatic rings. The lowest BCUT2D eigenvalue weighted by Crippen LogP contribution is -2.60. The van der Waals surface area contributed by atoms with E-state index in [1.54, 1.807) is 14.1 Å². The number of carbonyl (C=O) groups excluding carboxylic acids is 3. The van der Waals surface area contributed by atoms with Gasteiger partial charge in [-0.15, -0.1) is 0 Å². The van der Waals surface area contributed by atoms with Gasteiger partial charge in [0.2, 0.25) is 11.8 Å². The van der Waals surface area contributed by atoms with Gasteiger partial charge in [0.05, 0.1) is 6.10 Å². The van der Waals surface area contributed by atoms with Crippen molar-refractivity contribution >= 4 is 17.6 Å². The summed E-state index contributed by atoms with van der Waals surface area (Å²) in [6.07, 6.45) is 9.44. The molecule has 1 spiro atoms. The molecule has 218 valence electrons. The van der Waals surface area contributed by atoms with E-state index in [9.17, 15) is 14.4 Å². The Bertz CT molecular complexity index is 1020. The zero-order valence-electron chi connectivity index (χ0n) is 25.1. The van der Waals surface area contributed by atoms with Crippen LogP contribution in [-0.4, -0.2) is 61.0 Å². The second kappa shape index (κ2) is 9.54. The molecular formula is C32H51N3O4. The fourth-order valence-electron chi connectivity index (χ4n) is 10.8. The highest BCUT2D eigenvalue weighted by Gasteiger charge is 2.71. The van der Waals surface area contributed by atoms with Gasteiger partial charge in [-0.2, -0.15) is 0 Å². The van der Waals surface area contributed by atoms with Gasteiger partial charge in [0, 0.05) is 50.4 Å². The van der Waals surface area contributed by atoms with Crippen LogP contribution in [0.1, 0.15) is 91.9 Å². The van der Waals surface area contributed by atoms with Crippen molar-refractivity contribution in [2.45, 2.75) is 110 Å². The lowest BCUT2D eigenvalue weighted by atomic mass is 9.44. The van der Waals surface area contributed by atoms with E-state index in [2.05, 4.69) is 38.3 Å². The second-order valence-electron chi connectivity index (χ2n) is 15.2. The van der Waals surface area contributed by atoms with Gasteiger partial charge in [-0.05, 0) is 86.4 Å². The summed E-state index contributed by atoms with van der Waals surface area (Å²) >= 11 is 0. The zero-order valence-corrected chi connectivity index (χ0v) is 25.1. The Labute approximate surface area is 234 Å². The smallest absolute Gasteiger partial charge is 0.231 e. The number of piperidine rings is 1. The molecule has 39 heavy (non-hydrogen) atoms. The van der Waals surface area contributed by atoms with Crippen LogP contribution in [0.25, 0.3) is 0 Å². The van der Waals surface area contributed by atoms with Gasteiger partial charge in [-0.25, -0.2) is 0 Å². The van der Waals surface area contributed by atoms with Crippen LogP contribution in [0.5, 0.6) is 0 Å². The number of hydrogen-bond donors (Lipinski definition) is 2. The average molecular weight is 542 g/mol. The predicted octanol–water partition coefficient (Wildman–Crippen LogP) is 4.15. The molecule has 0 aromatic rings. The first-order valence-corrected chi connectivity index (χ1v) is 15.8. The number of amides is 2. The molecule has 6 rings (SSSR count). The normalized spacial score (nSPS) is 50.5. The standard InChI is InChI=1S/C32H51N3O4/c1-18-9-12-32(33-17-18)19(2)29-25(39-32)14-24-22-8-7-20-13-21(34-27(37)16-28(38)35(5)6)10-11-30(20,3)23(22)15-26(36)31(24,29)4/h18-25,29,33H,7-17H2,1-6H3,(H,34,37)/t18-,19+,20+,21-,22-,23+,24+,25+,29+,30+,31-,32-/m1/s1. The molecule has 2 heterocycles. The summed E-state index contributed by atoms with van der Waals surface area (Å²) in [4.78, 5) is 40.3. The molecule has 0 radical (unpaired) electrons. The summed E-state index contributed by atoms with van der Waals surface area (Å²) in [6, 6.07) is 0.133. The number of Topliss-reactive ketones (excluding diaryl/α,β-unsaturated/α-hetero) is 1. The van der Waals surface area contributed by atoms with Gasteiger partial charge in [-0.1, -0.05) is 27.7 Å². The molecule has 0 aromatic heterocycles. The van der Waals surface area contributed by atoms with Crippen molar-refractivity contribution in [1.29, 1.82) is 0 Å². The van der Waals surface area contributed by atoms with E-state index in [0.717, 1.165) is 38.6 Å². The molecule has 0 aromatic carbocycles. The first kappa shape index (κ1) is 27.7. The van der Waals surface area contributed by atoms with Crippen molar-refractivity contribution in [2.75, 3.05) is 20.6 Å². The minimum Gasteiger partial charge on any atom is -0.357 e. The van der Waals surface area contributed by atoms with Gasteiger partial charge in [0.25, 0.3) is 0 Å². The molecule has 2 saturated heterocycles. The molecule has 12 atom stereocenters. The van der Waals surface area contributed by atoms with Crippen molar-refractivity contribution < 1.29 is 19.1 Å². The fraction of sp³-hybridized carbons (Fsp3) is 0.906. The third-order valence-corrected chi connectivity index (χ3v) is 13.2. The molecule has 7 heteroatoms. The van der Waals surface area contributed by atoms with E-state index in [0.29, 0.717) is 53.6 Å². The maximum Gasteiger partial charge on any atom is 0.231 e. The molecule has 2 N–H and O–H groups in total. The van der Waals surface area contributed by atoms with Gasteiger partial charge in [-0.3, -0.25) is 19.7 Å². The first-order chi connectivity index (χ1) is 18.4. The van der Waals surface area contributed by atoms with E-state index in [-0.39, 0.29) is 46.9 Å². The van der Waals surface area contributed by atoms with Gasteiger partial charge >= 0.3 is 0 Å². The molecule has 4 aliphatic carbocycles. The summed E-state index contributed by atoms with van der Waals surface area (Å²) in [5.41, 5.74) is -0.365. The number of nitrogens with zero attached hydrogens (tertiary/aromatic N) is 1. The summed E-state index contributed by atoms with van der Waals surface area (Å²) < 4.78 is 6.95. The average Bonchev–Trinajstić information content (AvgIpc) is 3.33. The highest BCUT2D eigenvalue weighted by Crippen LogP contribution is 2.70. The number of nitrogens with one attached hydrogen (secondary N) is 2. The maximum absolute atomic E-state index is 14.3. The fourth-order valence-corrected chi connectivity index (χ4v) is 10.8. The minimum atomic E-state index is -0.271. The molecular weight excluding hydrogens is 490 g/mol. The van der Waals surface area contributed by atoms with E-state index < -0.39 is 0 Å². The van der Waals surface area contributed by atoms with Crippen LogP contribution < -0.4 is 10.6 Å². The monoisotopic (exact) mass is 541 g/mol. The van der Waals surface area contributed by atoms with Crippen molar-refractivity contribution in [1.82, 2.24) is 15.5 Å². The Kier molecular flexibility index (Phi) is 6.77. The summed E-state index contributed by atoms with van der Waals surface area (Å²) in [7, 11) is 3.37. The zero-order chi connectivity index (χ0) is 27.9. The molecule has 2 amide bonds. The van der Waals surface area contributed by atoms with E-state index in [1.807, 2.05) is 0 Å². The van der Waals surface area contributed by atoms with Crippen LogP contribution in [-0.2, 0) is 19.1 Å². The van der Waals surface area contributed by atoms with Crippen LogP contribution in [0.3, 0.4) is 0 Å². The number of rotatable bonds is 3. The summed E-state index contributed by atoms with van der Waals surface area (Å²) in [5.74, 6) is 3.52. The Balaban J connectivity index is 1.16. The molecule has 7 nitrogen and oxygen atoms in total. The molecule has 0 unspecified atom stereocenters. The topological polar surface area (TPSA) is 87.7 Å². The van der Waals surface area contributed by atoms with Crippen LogP contribution in [0.4, 0.5) is 0 Å². The van der Waals surface area contributed by atoms with Gasteiger partial charge in [0.15, 0.2) is 0 Å². The van der Waals surface area contributed by atoms with Crippen LogP contribution in [0.15, 0.2) is 0 Å². The number of hydrogen-bond acceptors (Lipinski definition) is 5. The Hall–Kier alpha value is -1.47. The largest absolute Gasteiger partial charge is 0.357 e. The minimum absolute atomic E-state index is 0.0798. The summed E-state index contributed by atoms with van der Waals surface area (Å²) in [5, 5.41) is 6.96. The Morgan fingerprint density at radius 1 is 1.05 bits per heavy atom. The highest BCUT2D eigenvalue weighted by atomic mass is 16.5. The SMILES string of the molecule is C[C@@H]1CC[C@@]2(NC1)O[C@H]1C[C@H]3[C@@H]4CC[C@H]5C[C@H](NC(=O)CC(=O)N(C)C)CC[C@]5(C)[C@H]4CC(=O)[C@]3(C)[C@H]1[C@@H]2C. The van der Waals surface area contributed by atoms with E-state index >= 15 is 0 Å². The van der Waals surface area contributed by atoms with Crippen LogP contribution in [0.2, 0.25) is 0 Å². The highest BCUT2D eigenvalue weighted by molar-refractivity contribution is 5.96.